The largest absolute Gasteiger partial charge is 0.380 e. The molecule has 20 heavy (non-hydrogen) atoms. The van der Waals surface area contributed by atoms with Gasteiger partial charge < -0.3 is 5.32 Å². The Hall–Kier alpha value is -1.33. The molecule has 0 radical (unpaired) electrons. The van der Waals surface area contributed by atoms with Crippen molar-refractivity contribution in [2.24, 2.45) is 0 Å². The highest BCUT2D eigenvalue weighted by atomic mass is 35.5. The molecule has 6 heteroatoms. The molecule has 1 heterocycles. The monoisotopic (exact) mass is 312 g/mol. The van der Waals surface area contributed by atoms with Crippen LogP contribution in [0.4, 0.5) is 5.69 Å². The molecular formula is C14H17ClN2O2S. The molecule has 1 aromatic heterocycles. The van der Waals surface area contributed by atoms with Crippen LogP contribution in [0.3, 0.4) is 0 Å². The van der Waals surface area contributed by atoms with Crippen molar-refractivity contribution in [2.75, 3.05) is 16.8 Å². The van der Waals surface area contributed by atoms with Gasteiger partial charge in [0.1, 0.15) is 0 Å². The molecule has 108 valence electrons. The van der Waals surface area contributed by atoms with E-state index < -0.39 is 9.84 Å². The van der Waals surface area contributed by atoms with Gasteiger partial charge in [-0.25, -0.2) is 8.42 Å². The molecule has 0 saturated carbocycles. The van der Waals surface area contributed by atoms with Crippen molar-refractivity contribution in [1.29, 1.82) is 0 Å². The second kappa shape index (κ2) is 5.97. The summed E-state index contributed by atoms with van der Waals surface area (Å²) in [6.45, 7) is 3.50. The van der Waals surface area contributed by atoms with Crippen LogP contribution in [0.15, 0.2) is 30.5 Å². The highest BCUT2D eigenvalue weighted by molar-refractivity contribution is 7.91. The van der Waals surface area contributed by atoms with Gasteiger partial charge in [-0.3, -0.25) is 4.98 Å². The van der Waals surface area contributed by atoms with Gasteiger partial charge in [0.2, 0.25) is 0 Å². The minimum Gasteiger partial charge on any atom is -0.380 e. The number of nitrogens with zero attached hydrogens (tertiary/aromatic N) is 1. The molecular weight excluding hydrogens is 296 g/mol. The number of benzene rings is 1. The zero-order valence-corrected chi connectivity index (χ0v) is 13.0. The van der Waals surface area contributed by atoms with Crippen molar-refractivity contribution in [2.45, 2.75) is 19.9 Å². The van der Waals surface area contributed by atoms with Crippen molar-refractivity contribution in [1.82, 2.24) is 4.98 Å². The Morgan fingerprint density at radius 3 is 2.80 bits per heavy atom. The Kier molecular flexibility index (Phi) is 4.50. The van der Waals surface area contributed by atoms with Crippen molar-refractivity contribution >= 4 is 38.0 Å². The molecule has 0 fully saturated rings. The third kappa shape index (κ3) is 3.41. The minimum absolute atomic E-state index is 0.0977. The van der Waals surface area contributed by atoms with E-state index in [0.29, 0.717) is 5.02 Å². The molecule has 0 bridgehead atoms. The van der Waals surface area contributed by atoms with Crippen molar-refractivity contribution in [3.05, 3.63) is 35.5 Å². The topological polar surface area (TPSA) is 59.1 Å². The van der Waals surface area contributed by atoms with Gasteiger partial charge in [0.05, 0.1) is 22.0 Å². The molecule has 4 nitrogen and oxygen atoms in total. The molecule has 1 atom stereocenters. The average molecular weight is 313 g/mol. The lowest BCUT2D eigenvalue weighted by molar-refractivity contribution is 0.593. The van der Waals surface area contributed by atoms with Crippen LogP contribution in [0.25, 0.3) is 10.9 Å². The van der Waals surface area contributed by atoms with Gasteiger partial charge in [-0.05, 0) is 31.2 Å². The van der Waals surface area contributed by atoms with Gasteiger partial charge >= 0.3 is 0 Å². The van der Waals surface area contributed by atoms with E-state index in [0.717, 1.165) is 16.6 Å². The number of aromatic nitrogens is 1. The first-order valence-corrected chi connectivity index (χ1v) is 8.63. The first kappa shape index (κ1) is 15.1. The van der Waals surface area contributed by atoms with Crippen LogP contribution in [0, 0.1) is 0 Å². The maximum Gasteiger partial charge on any atom is 0.152 e. The Balaban J connectivity index is 2.29. The maximum absolute atomic E-state index is 11.6. The lowest BCUT2D eigenvalue weighted by Crippen LogP contribution is -2.26. The van der Waals surface area contributed by atoms with E-state index in [1.165, 1.54) is 0 Å². The van der Waals surface area contributed by atoms with Crippen molar-refractivity contribution in [3.63, 3.8) is 0 Å². The lowest BCUT2D eigenvalue weighted by atomic mass is 10.2. The van der Waals surface area contributed by atoms with E-state index in [1.54, 1.807) is 19.2 Å². The third-order valence-electron chi connectivity index (χ3n) is 3.06. The highest BCUT2D eigenvalue weighted by Crippen LogP contribution is 2.28. The Bertz CT molecular complexity index is 716. The molecule has 0 amide bonds. The van der Waals surface area contributed by atoms with E-state index in [4.69, 9.17) is 11.6 Å². The molecule has 1 N–H and O–H groups in total. The smallest absolute Gasteiger partial charge is 0.152 e. The molecule has 2 rings (SSSR count). The summed E-state index contributed by atoms with van der Waals surface area (Å²) >= 11 is 6.13. The minimum atomic E-state index is -3.01. The first-order chi connectivity index (χ1) is 9.43. The van der Waals surface area contributed by atoms with Crippen molar-refractivity contribution in [3.8, 4) is 0 Å². The number of hydrogen-bond acceptors (Lipinski definition) is 4. The second-order valence-corrected chi connectivity index (χ2v) is 7.54. The normalized spacial score (nSPS) is 13.3. The van der Waals surface area contributed by atoms with Crippen molar-refractivity contribution < 1.29 is 8.42 Å². The number of nitrogens with one attached hydrogen (secondary N) is 1. The summed E-state index contributed by atoms with van der Waals surface area (Å²) < 4.78 is 23.3. The number of anilines is 1. The van der Waals surface area contributed by atoms with Crippen LogP contribution >= 0.6 is 11.6 Å². The number of halogens is 1. The zero-order valence-electron chi connectivity index (χ0n) is 11.4. The number of sulfone groups is 1. The number of fused-ring (bicyclic) bond motifs is 1. The van der Waals surface area contributed by atoms with E-state index in [1.807, 2.05) is 25.1 Å². The molecule has 1 unspecified atom stereocenters. The summed E-state index contributed by atoms with van der Waals surface area (Å²) in [5.74, 6) is 0.249. The Labute approximate surface area is 124 Å². The lowest BCUT2D eigenvalue weighted by Gasteiger charge is -2.16. The summed E-state index contributed by atoms with van der Waals surface area (Å²) in [5, 5.41) is 4.69. The summed E-state index contributed by atoms with van der Waals surface area (Å²) in [5.41, 5.74) is 1.55. The number of pyridine rings is 1. The molecule has 0 spiro atoms. The number of rotatable bonds is 5. The molecule has 0 aliphatic heterocycles. The van der Waals surface area contributed by atoms with E-state index in [9.17, 15) is 8.42 Å². The SMILES string of the molecule is CCS(=O)(=O)CC(C)Nc1ccc(Cl)c2cccnc12. The van der Waals surface area contributed by atoms with Gasteiger partial charge in [-0.15, -0.1) is 0 Å². The summed E-state index contributed by atoms with van der Waals surface area (Å²) in [7, 11) is -3.01. The fraction of sp³-hybridized carbons (Fsp3) is 0.357. The summed E-state index contributed by atoms with van der Waals surface area (Å²) in [6.07, 6.45) is 1.69. The highest BCUT2D eigenvalue weighted by Gasteiger charge is 2.15. The fourth-order valence-electron chi connectivity index (χ4n) is 2.06. The molecule has 0 aliphatic carbocycles. The van der Waals surface area contributed by atoms with Gasteiger partial charge in [-0.1, -0.05) is 18.5 Å². The van der Waals surface area contributed by atoms with Gasteiger partial charge in [0, 0.05) is 23.4 Å². The predicted molar refractivity (Wildman–Crippen MR) is 84.2 cm³/mol. The van der Waals surface area contributed by atoms with E-state index >= 15 is 0 Å². The first-order valence-electron chi connectivity index (χ1n) is 6.43. The predicted octanol–water partition coefficient (Wildman–Crippen LogP) is 3.12. The molecule has 0 aliphatic rings. The second-order valence-electron chi connectivity index (χ2n) is 4.74. The fourth-order valence-corrected chi connectivity index (χ4v) is 3.36. The Morgan fingerprint density at radius 2 is 2.10 bits per heavy atom. The third-order valence-corrected chi connectivity index (χ3v) is 5.28. The van der Waals surface area contributed by atoms with Gasteiger partial charge in [-0.2, -0.15) is 0 Å². The standard InChI is InChI=1S/C14H17ClN2O2S/c1-3-20(18,19)9-10(2)17-13-7-6-12(15)11-5-4-8-16-14(11)13/h4-8,10,17H,3,9H2,1-2H3. The zero-order chi connectivity index (χ0) is 14.8. The number of hydrogen-bond donors (Lipinski definition) is 1. The summed E-state index contributed by atoms with van der Waals surface area (Å²) in [6, 6.07) is 7.14. The van der Waals surface area contributed by atoms with Gasteiger partial charge in [0.15, 0.2) is 9.84 Å². The quantitative estimate of drug-likeness (QED) is 0.921. The molecule has 2 aromatic rings. The van der Waals surface area contributed by atoms with Crippen LogP contribution in [-0.2, 0) is 9.84 Å². The average Bonchev–Trinajstić information content (AvgIpc) is 2.42. The molecule has 0 saturated heterocycles. The summed E-state index contributed by atoms with van der Waals surface area (Å²) in [4.78, 5) is 4.32. The molecule has 1 aromatic carbocycles. The van der Waals surface area contributed by atoms with Crippen LogP contribution in [0.2, 0.25) is 5.02 Å². The van der Waals surface area contributed by atoms with Crippen LogP contribution in [0.5, 0.6) is 0 Å². The van der Waals surface area contributed by atoms with Crippen LogP contribution in [0.1, 0.15) is 13.8 Å². The van der Waals surface area contributed by atoms with Gasteiger partial charge in [0.25, 0.3) is 0 Å². The van der Waals surface area contributed by atoms with E-state index in [2.05, 4.69) is 10.3 Å². The van der Waals surface area contributed by atoms with Crippen LogP contribution < -0.4 is 5.32 Å². The van der Waals surface area contributed by atoms with E-state index in [-0.39, 0.29) is 17.5 Å². The van der Waals surface area contributed by atoms with Crippen LogP contribution in [-0.4, -0.2) is 30.9 Å². The maximum atomic E-state index is 11.6. The Morgan fingerprint density at radius 1 is 1.35 bits per heavy atom.